The van der Waals surface area contributed by atoms with E-state index in [1.54, 1.807) is 0 Å². The number of hydrogen-bond acceptors (Lipinski definition) is 2. The van der Waals surface area contributed by atoms with Gasteiger partial charge in [0, 0.05) is 5.41 Å². The summed E-state index contributed by atoms with van der Waals surface area (Å²) in [6.45, 7) is 10.2. The fourth-order valence-corrected chi connectivity index (χ4v) is 0.547. The second-order valence-corrected chi connectivity index (χ2v) is 3.56. The topological polar surface area (TPSA) is 32.6 Å². The molecule has 0 spiro atoms. The van der Waals surface area contributed by atoms with Crippen molar-refractivity contribution in [1.29, 1.82) is 0 Å². The number of hydrogen-bond donors (Lipinski definition) is 1. The molecular formula is C8H17NO. The van der Waals surface area contributed by atoms with Gasteiger partial charge in [-0.25, -0.2) is 0 Å². The van der Waals surface area contributed by atoms with Crippen molar-refractivity contribution in [2.45, 2.75) is 34.6 Å². The van der Waals surface area contributed by atoms with E-state index in [1.807, 2.05) is 6.92 Å². The van der Waals surface area contributed by atoms with Crippen molar-refractivity contribution >= 4 is 5.71 Å². The highest BCUT2D eigenvalue weighted by atomic mass is 16.4. The Kier molecular flexibility index (Phi) is 2.88. The second-order valence-electron chi connectivity index (χ2n) is 3.56. The maximum Gasteiger partial charge on any atom is 0.0598 e. The maximum atomic E-state index is 8.51. The standard InChI is InChI=1S/C8H17NO/c1-6(2)8(4,5)7(3)9-10/h6,10H,1-5H3. The second kappa shape index (κ2) is 3.04. The minimum Gasteiger partial charge on any atom is -0.411 e. The van der Waals surface area contributed by atoms with E-state index in [2.05, 4.69) is 32.9 Å². The van der Waals surface area contributed by atoms with Gasteiger partial charge in [-0.2, -0.15) is 0 Å². The lowest BCUT2D eigenvalue weighted by molar-refractivity contribution is 0.292. The van der Waals surface area contributed by atoms with Crippen LogP contribution in [0.1, 0.15) is 34.6 Å². The van der Waals surface area contributed by atoms with E-state index in [0.717, 1.165) is 5.71 Å². The van der Waals surface area contributed by atoms with Crippen molar-refractivity contribution in [2.24, 2.45) is 16.5 Å². The third kappa shape index (κ3) is 1.72. The van der Waals surface area contributed by atoms with Crippen molar-refractivity contribution in [1.82, 2.24) is 0 Å². The van der Waals surface area contributed by atoms with E-state index in [-0.39, 0.29) is 5.41 Å². The summed E-state index contributed by atoms with van der Waals surface area (Å²) < 4.78 is 0. The highest BCUT2D eigenvalue weighted by Gasteiger charge is 2.25. The predicted octanol–water partition coefficient (Wildman–Crippen LogP) is 2.52. The van der Waals surface area contributed by atoms with Crippen molar-refractivity contribution in [3.05, 3.63) is 0 Å². The quantitative estimate of drug-likeness (QED) is 0.359. The molecule has 0 aromatic carbocycles. The molecule has 0 aliphatic rings. The fourth-order valence-electron chi connectivity index (χ4n) is 0.547. The molecule has 0 aromatic rings. The van der Waals surface area contributed by atoms with Gasteiger partial charge in [-0.1, -0.05) is 32.9 Å². The zero-order chi connectivity index (χ0) is 8.36. The van der Waals surface area contributed by atoms with Gasteiger partial charge in [0.1, 0.15) is 0 Å². The largest absolute Gasteiger partial charge is 0.411 e. The van der Waals surface area contributed by atoms with Crippen LogP contribution in [0.5, 0.6) is 0 Å². The van der Waals surface area contributed by atoms with Crippen molar-refractivity contribution in [3.8, 4) is 0 Å². The summed E-state index contributed by atoms with van der Waals surface area (Å²) in [6.07, 6.45) is 0. The first-order chi connectivity index (χ1) is 4.42. The minimum atomic E-state index is 0.00868. The summed E-state index contributed by atoms with van der Waals surface area (Å²) in [5.74, 6) is 0.503. The molecule has 0 amide bonds. The SMILES string of the molecule is CC(=NO)C(C)(C)C(C)C. The summed E-state index contributed by atoms with van der Waals surface area (Å²) in [4.78, 5) is 0. The Morgan fingerprint density at radius 2 is 1.80 bits per heavy atom. The molecule has 0 radical (unpaired) electrons. The van der Waals surface area contributed by atoms with Crippen LogP contribution >= 0.6 is 0 Å². The van der Waals surface area contributed by atoms with E-state index in [9.17, 15) is 0 Å². The van der Waals surface area contributed by atoms with Crippen LogP contribution in [-0.4, -0.2) is 10.9 Å². The van der Waals surface area contributed by atoms with Crippen molar-refractivity contribution in [3.63, 3.8) is 0 Å². The summed E-state index contributed by atoms with van der Waals surface area (Å²) in [5.41, 5.74) is 0.803. The van der Waals surface area contributed by atoms with Crippen molar-refractivity contribution < 1.29 is 5.21 Å². The molecule has 2 nitrogen and oxygen atoms in total. The van der Waals surface area contributed by atoms with Crippen LogP contribution < -0.4 is 0 Å². The molecule has 0 atom stereocenters. The lowest BCUT2D eigenvalue weighted by Crippen LogP contribution is -2.27. The van der Waals surface area contributed by atoms with E-state index < -0.39 is 0 Å². The van der Waals surface area contributed by atoms with Crippen molar-refractivity contribution in [2.75, 3.05) is 0 Å². The molecule has 0 fully saturated rings. The summed E-state index contributed by atoms with van der Waals surface area (Å²) in [6, 6.07) is 0. The summed E-state index contributed by atoms with van der Waals surface area (Å²) >= 11 is 0. The van der Waals surface area contributed by atoms with Gasteiger partial charge >= 0.3 is 0 Å². The van der Waals surface area contributed by atoms with E-state index in [0.29, 0.717) is 5.92 Å². The summed E-state index contributed by atoms with van der Waals surface area (Å²) in [5, 5.41) is 11.7. The van der Waals surface area contributed by atoms with E-state index in [4.69, 9.17) is 5.21 Å². The first-order valence-corrected chi connectivity index (χ1v) is 3.62. The van der Waals surface area contributed by atoms with Gasteiger partial charge in [-0.15, -0.1) is 0 Å². The fraction of sp³-hybridized carbons (Fsp3) is 0.875. The maximum absolute atomic E-state index is 8.51. The predicted molar refractivity (Wildman–Crippen MR) is 43.5 cm³/mol. The molecule has 60 valence electrons. The zero-order valence-corrected chi connectivity index (χ0v) is 7.47. The first-order valence-electron chi connectivity index (χ1n) is 3.62. The molecule has 0 bridgehead atoms. The summed E-state index contributed by atoms with van der Waals surface area (Å²) in [7, 11) is 0. The Morgan fingerprint density at radius 1 is 1.40 bits per heavy atom. The average molecular weight is 143 g/mol. The van der Waals surface area contributed by atoms with Gasteiger partial charge in [0.05, 0.1) is 5.71 Å². The molecule has 2 heteroatoms. The molecule has 0 saturated heterocycles. The van der Waals surface area contributed by atoms with Crippen LogP contribution in [0.15, 0.2) is 5.16 Å². The van der Waals surface area contributed by atoms with E-state index >= 15 is 0 Å². The van der Waals surface area contributed by atoms with Crippen LogP contribution in [0.4, 0.5) is 0 Å². The molecule has 10 heavy (non-hydrogen) atoms. The van der Waals surface area contributed by atoms with Crippen LogP contribution in [0.2, 0.25) is 0 Å². The number of nitrogens with zero attached hydrogens (tertiary/aromatic N) is 1. The lowest BCUT2D eigenvalue weighted by Gasteiger charge is -2.27. The number of rotatable bonds is 2. The van der Waals surface area contributed by atoms with Crippen LogP contribution in [-0.2, 0) is 0 Å². The van der Waals surface area contributed by atoms with E-state index in [1.165, 1.54) is 0 Å². The highest BCUT2D eigenvalue weighted by molar-refractivity contribution is 5.86. The third-order valence-corrected chi connectivity index (χ3v) is 2.53. The number of oxime groups is 1. The van der Waals surface area contributed by atoms with Gasteiger partial charge < -0.3 is 5.21 Å². The average Bonchev–Trinajstić information content (AvgIpc) is 1.86. The van der Waals surface area contributed by atoms with Crippen LogP contribution in [0.3, 0.4) is 0 Å². The molecule has 0 saturated carbocycles. The molecule has 0 aromatic heterocycles. The monoisotopic (exact) mass is 143 g/mol. The molecule has 0 rings (SSSR count). The van der Waals surface area contributed by atoms with Gasteiger partial charge in [0.2, 0.25) is 0 Å². The Labute approximate surface area is 62.9 Å². The third-order valence-electron chi connectivity index (χ3n) is 2.53. The molecule has 0 aliphatic carbocycles. The van der Waals surface area contributed by atoms with Gasteiger partial charge in [-0.05, 0) is 12.8 Å². The lowest BCUT2D eigenvalue weighted by atomic mass is 9.77. The van der Waals surface area contributed by atoms with Gasteiger partial charge in [0.15, 0.2) is 0 Å². The Morgan fingerprint density at radius 3 is 1.90 bits per heavy atom. The first kappa shape index (κ1) is 9.47. The van der Waals surface area contributed by atoms with Gasteiger partial charge in [-0.3, -0.25) is 0 Å². The molecule has 0 aliphatic heterocycles. The van der Waals surface area contributed by atoms with Crippen LogP contribution in [0.25, 0.3) is 0 Å². The normalized spacial score (nSPS) is 14.4. The van der Waals surface area contributed by atoms with Gasteiger partial charge in [0.25, 0.3) is 0 Å². The Bertz CT molecular complexity index is 136. The molecule has 0 heterocycles. The highest BCUT2D eigenvalue weighted by Crippen LogP contribution is 2.27. The molecular weight excluding hydrogens is 126 g/mol. The van der Waals surface area contributed by atoms with Crippen LogP contribution in [0, 0.1) is 11.3 Å². The molecule has 0 unspecified atom stereocenters. The zero-order valence-electron chi connectivity index (χ0n) is 7.47. The Hall–Kier alpha value is -0.530. The Balaban J connectivity index is 4.40. The minimum absolute atomic E-state index is 0.00868. The smallest absolute Gasteiger partial charge is 0.0598 e. The molecule has 1 N–H and O–H groups in total.